The van der Waals surface area contributed by atoms with Crippen molar-refractivity contribution in [3.05, 3.63) is 12.2 Å². The predicted molar refractivity (Wildman–Crippen MR) is 60.2 cm³/mol. The van der Waals surface area contributed by atoms with Crippen LogP contribution in [0.3, 0.4) is 0 Å². The Balaban J connectivity index is 4.53. The first kappa shape index (κ1) is 13.7. The van der Waals surface area contributed by atoms with E-state index in [-0.39, 0.29) is 12.5 Å². The topological polar surface area (TPSA) is 40.5 Å². The standard InChI is InChI=1S/C12H24O2/c1-5-7-12(14,8-6-2)11(4)10(3)9-13/h11,13-14H,3,5-9H2,1-2,4H3. The molecule has 0 heterocycles. The van der Waals surface area contributed by atoms with Gasteiger partial charge in [-0.2, -0.15) is 0 Å². The summed E-state index contributed by atoms with van der Waals surface area (Å²) in [5, 5.41) is 19.4. The van der Waals surface area contributed by atoms with E-state index in [4.69, 9.17) is 5.11 Å². The van der Waals surface area contributed by atoms with Crippen LogP contribution in [-0.2, 0) is 0 Å². The molecular formula is C12H24O2. The lowest BCUT2D eigenvalue weighted by atomic mass is 9.78. The molecule has 0 aliphatic heterocycles. The second-order valence-corrected chi connectivity index (χ2v) is 4.14. The van der Waals surface area contributed by atoms with Gasteiger partial charge in [0.2, 0.25) is 0 Å². The van der Waals surface area contributed by atoms with Gasteiger partial charge in [0.25, 0.3) is 0 Å². The molecule has 0 aromatic carbocycles. The summed E-state index contributed by atoms with van der Waals surface area (Å²) in [6.07, 6.45) is 3.47. The fourth-order valence-corrected chi connectivity index (χ4v) is 1.94. The van der Waals surface area contributed by atoms with E-state index in [1.54, 1.807) is 0 Å². The molecule has 0 aliphatic carbocycles. The van der Waals surface area contributed by atoms with Crippen LogP contribution in [0.2, 0.25) is 0 Å². The van der Waals surface area contributed by atoms with Crippen LogP contribution in [0.15, 0.2) is 12.2 Å². The second-order valence-electron chi connectivity index (χ2n) is 4.14. The third-order valence-electron chi connectivity index (χ3n) is 2.99. The first-order chi connectivity index (χ1) is 6.51. The molecule has 0 saturated heterocycles. The minimum atomic E-state index is -0.677. The van der Waals surface area contributed by atoms with Crippen LogP contribution >= 0.6 is 0 Å². The summed E-state index contributed by atoms with van der Waals surface area (Å²) in [5.41, 5.74) is 0.0537. The lowest BCUT2D eigenvalue weighted by molar-refractivity contribution is -0.0184. The van der Waals surface area contributed by atoms with Crippen molar-refractivity contribution in [1.29, 1.82) is 0 Å². The van der Waals surface area contributed by atoms with Crippen LogP contribution in [0.25, 0.3) is 0 Å². The molecule has 0 fully saturated rings. The highest BCUT2D eigenvalue weighted by Gasteiger charge is 2.32. The van der Waals surface area contributed by atoms with Gasteiger partial charge < -0.3 is 10.2 Å². The number of aliphatic hydroxyl groups excluding tert-OH is 1. The highest BCUT2D eigenvalue weighted by atomic mass is 16.3. The Kier molecular flexibility index (Phi) is 6.05. The molecule has 0 bridgehead atoms. The molecular weight excluding hydrogens is 176 g/mol. The van der Waals surface area contributed by atoms with Crippen LogP contribution in [0.1, 0.15) is 46.5 Å². The van der Waals surface area contributed by atoms with Crippen molar-refractivity contribution >= 4 is 0 Å². The number of hydrogen-bond acceptors (Lipinski definition) is 2. The number of hydrogen-bond donors (Lipinski definition) is 2. The van der Waals surface area contributed by atoms with Crippen LogP contribution in [0.4, 0.5) is 0 Å². The van der Waals surface area contributed by atoms with Gasteiger partial charge in [0.1, 0.15) is 0 Å². The van der Waals surface area contributed by atoms with Crippen molar-refractivity contribution in [3.63, 3.8) is 0 Å². The zero-order valence-corrected chi connectivity index (χ0v) is 9.71. The van der Waals surface area contributed by atoms with E-state index < -0.39 is 5.60 Å². The van der Waals surface area contributed by atoms with Crippen molar-refractivity contribution in [2.75, 3.05) is 6.61 Å². The Bertz CT molecular complexity index is 169. The van der Waals surface area contributed by atoms with Gasteiger partial charge in [-0.05, 0) is 18.4 Å². The minimum absolute atomic E-state index is 0.0209. The quantitative estimate of drug-likeness (QED) is 0.620. The van der Waals surface area contributed by atoms with Crippen molar-refractivity contribution in [1.82, 2.24) is 0 Å². The van der Waals surface area contributed by atoms with E-state index in [1.165, 1.54) is 0 Å². The Morgan fingerprint density at radius 3 is 2.00 bits per heavy atom. The molecule has 0 aromatic rings. The zero-order chi connectivity index (χ0) is 11.2. The Morgan fingerprint density at radius 2 is 1.71 bits per heavy atom. The van der Waals surface area contributed by atoms with Crippen LogP contribution in [0.5, 0.6) is 0 Å². The fraction of sp³-hybridized carbons (Fsp3) is 0.833. The van der Waals surface area contributed by atoms with Crippen molar-refractivity contribution in [3.8, 4) is 0 Å². The predicted octanol–water partition coefficient (Wildman–Crippen LogP) is 2.50. The lowest BCUT2D eigenvalue weighted by Gasteiger charge is -2.35. The highest BCUT2D eigenvalue weighted by molar-refractivity contribution is 5.06. The van der Waals surface area contributed by atoms with E-state index in [9.17, 15) is 5.11 Å². The van der Waals surface area contributed by atoms with E-state index >= 15 is 0 Å². The molecule has 2 N–H and O–H groups in total. The van der Waals surface area contributed by atoms with Gasteiger partial charge in [-0.3, -0.25) is 0 Å². The molecule has 0 aliphatic rings. The molecule has 2 nitrogen and oxygen atoms in total. The Morgan fingerprint density at radius 1 is 1.29 bits per heavy atom. The minimum Gasteiger partial charge on any atom is -0.392 e. The maximum atomic E-state index is 10.4. The first-order valence-corrected chi connectivity index (χ1v) is 5.52. The van der Waals surface area contributed by atoms with Crippen LogP contribution in [0, 0.1) is 5.92 Å². The molecule has 1 unspecified atom stereocenters. The molecule has 0 saturated carbocycles. The van der Waals surface area contributed by atoms with Crippen molar-refractivity contribution < 1.29 is 10.2 Å². The molecule has 14 heavy (non-hydrogen) atoms. The van der Waals surface area contributed by atoms with E-state index in [0.29, 0.717) is 0 Å². The second kappa shape index (κ2) is 6.20. The molecule has 0 spiro atoms. The van der Waals surface area contributed by atoms with Crippen molar-refractivity contribution in [2.45, 2.75) is 52.1 Å². The summed E-state index contributed by atoms with van der Waals surface area (Å²) in [7, 11) is 0. The summed E-state index contributed by atoms with van der Waals surface area (Å²) in [4.78, 5) is 0. The monoisotopic (exact) mass is 200 g/mol. The maximum absolute atomic E-state index is 10.4. The third-order valence-corrected chi connectivity index (χ3v) is 2.99. The lowest BCUT2D eigenvalue weighted by Crippen LogP contribution is -2.37. The van der Waals surface area contributed by atoms with Gasteiger partial charge >= 0.3 is 0 Å². The zero-order valence-electron chi connectivity index (χ0n) is 9.71. The summed E-state index contributed by atoms with van der Waals surface area (Å²) in [6.45, 7) is 9.84. The van der Waals surface area contributed by atoms with Gasteiger partial charge in [-0.25, -0.2) is 0 Å². The summed E-state index contributed by atoms with van der Waals surface area (Å²) in [6, 6.07) is 0. The fourth-order valence-electron chi connectivity index (χ4n) is 1.94. The van der Waals surface area contributed by atoms with E-state index in [0.717, 1.165) is 31.3 Å². The summed E-state index contributed by atoms with van der Waals surface area (Å²) >= 11 is 0. The Hall–Kier alpha value is -0.340. The first-order valence-electron chi connectivity index (χ1n) is 5.52. The molecule has 2 heteroatoms. The van der Waals surface area contributed by atoms with E-state index in [2.05, 4.69) is 20.4 Å². The number of rotatable bonds is 7. The molecule has 0 rings (SSSR count). The number of aliphatic hydroxyl groups is 2. The van der Waals surface area contributed by atoms with Gasteiger partial charge in [0, 0.05) is 5.92 Å². The molecule has 0 aromatic heterocycles. The molecule has 0 amide bonds. The Labute approximate surface area is 87.7 Å². The third kappa shape index (κ3) is 3.43. The average molecular weight is 200 g/mol. The maximum Gasteiger partial charge on any atom is 0.0710 e. The van der Waals surface area contributed by atoms with Crippen LogP contribution < -0.4 is 0 Å². The molecule has 84 valence electrons. The SMILES string of the molecule is C=C(CO)C(C)C(O)(CCC)CCC. The van der Waals surface area contributed by atoms with Gasteiger partial charge in [-0.15, -0.1) is 0 Å². The average Bonchev–Trinajstić information content (AvgIpc) is 2.16. The largest absolute Gasteiger partial charge is 0.392 e. The van der Waals surface area contributed by atoms with Gasteiger partial charge in [0.05, 0.1) is 12.2 Å². The molecule has 1 atom stereocenters. The van der Waals surface area contributed by atoms with Crippen molar-refractivity contribution in [2.24, 2.45) is 5.92 Å². The van der Waals surface area contributed by atoms with Gasteiger partial charge in [-0.1, -0.05) is 40.2 Å². The smallest absolute Gasteiger partial charge is 0.0710 e. The summed E-state index contributed by atoms with van der Waals surface area (Å²) in [5.74, 6) is -0.0209. The van der Waals surface area contributed by atoms with Crippen LogP contribution in [-0.4, -0.2) is 22.4 Å². The summed E-state index contributed by atoms with van der Waals surface area (Å²) < 4.78 is 0. The highest BCUT2D eigenvalue weighted by Crippen LogP contribution is 2.32. The normalized spacial score (nSPS) is 14.1. The molecule has 0 radical (unpaired) electrons. The van der Waals surface area contributed by atoms with E-state index in [1.807, 2.05) is 6.92 Å². The van der Waals surface area contributed by atoms with Gasteiger partial charge in [0.15, 0.2) is 0 Å².